The van der Waals surface area contributed by atoms with Crippen LogP contribution < -0.4 is 4.73 Å². The lowest BCUT2D eigenvalue weighted by atomic mass is 10.1. The molecule has 22 heavy (non-hydrogen) atoms. The van der Waals surface area contributed by atoms with Crippen molar-refractivity contribution in [1.82, 2.24) is 4.98 Å². The first-order valence-electron chi connectivity index (χ1n) is 7.19. The zero-order valence-electron chi connectivity index (χ0n) is 13.4. The monoisotopic (exact) mass is 302 g/mol. The standard InChI is InChI=1S/C9H11NO2.C8H11NO/c1-6(2)7-3-4-8(9(11)12)10-5-7;1-7(2)8-4-3-5-9(10)6-8/h3-6H,1-2H3,(H,11,12);3-7H,1-2H3. The molecule has 5 nitrogen and oxygen atoms in total. The lowest BCUT2D eigenvalue weighted by Crippen LogP contribution is -2.24. The summed E-state index contributed by atoms with van der Waals surface area (Å²) in [5, 5.41) is 19.3. The van der Waals surface area contributed by atoms with Crippen molar-refractivity contribution in [2.24, 2.45) is 0 Å². The molecule has 0 saturated heterocycles. The first kappa shape index (κ1) is 17.6. The molecule has 0 amide bonds. The predicted octanol–water partition coefficient (Wildman–Crippen LogP) is 3.35. The Morgan fingerprint density at radius 1 is 1.14 bits per heavy atom. The molecule has 0 aliphatic rings. The Hall–Kier alpha value is -2.43. The Labute approximate surface area is 130 Å². The summed E-state index contributed by atoms with van der Waals surface area (Å²) in [6.07, 6.45) is 4.70. The molecule has 1 N–H and O–H groups in total. The molecule has 0 spiro atoms. The van der Waals surface area contributed by atoms with Gasteiger partial charge in [0.1, 0.15) is 5.69 Å². The zero-order chi connectivity index (χ0) is 16.7. The van der Waals surface area contributed by atoms with Crippen molar-refractivity contribution in [2.75, 3.05) is 0 Å². The maximum atomic E-state index is 10.7. The van der Waals surface area contributed by atoms with Crippen LogP contribution in [0.3, 0.4) is 0 Å². The number of aromatic nitrogens is 2. The number of rotatable bonds is 3. The molecule has 2 aromatic rings. The first-order valence-corrected chi connectivity index (χ1v) is 7.19. The highest BCUT2D eigenvalue weighted by atomic mass is 16.5. The van der Waals surface area contributed by atoms with Gasteiger partial charge in [-0.15, -0.1) is 0 Å². The number of hydrogen-bond donors (Lipinski definition) is 1. The van der Waals surface area contributed by atoms with Crippen molar-refractivity contribution in [1.29, 1.82) is 0 Å². The maximum Gasteiger partial charge on any atom is 0.354 e. The quantitative estimate of drug-likeness (QED) is 0.696. The molecule has 0 bridgehead atoms. The lowest BCUT2D eigenvalue weighted by Gasteiger charge is -2.03. The summed E-state index contributed by atoms with van der Waals surface area (Å²) in [4.78, 5) is 14.2. The smallest absolute Gasteiger partial charge is 0.354 e. The molecular formula is C17H22N2O3. The van der Waals surface area contributed by atoms with E-state index in [0.29, 0.717) is 11.8 Å². The Morgan fingerprint density at radius 2 is 1.77 bits per heavy atom. The number of pyridine rings is 2. The predicted molar refractivity (Wildman–Crippen MR) is 84.8 cm³/mol. The van der Waals surface area contributed by atoms with Crippen LogP contribution >= 0.6 is 0 Å². The van der Waals surface area contributed by atoms with Gasteiger partial charge in [-0.3, -0.25) is 0 Å². The van der Waals surface area contributed by atoms with Crippen LogP contribution in [-0.4, -0.2) is 16.1 Å². The van der Waals surface area contributed by atoms with E-state index in [1.54, 1.807) is 24.5 Å². The molecular weight excluding hydrogens is 280 g/mol. The average Bonchev–Trinajstić information content (AvgIpc) is 2.48. The Morgan fingerprint density at radius 3 is 2.14 bits per heavy atom. The molecule has 118 valence electrons. The Kier molecular flexibility index (Phi) is 6.50. The maximum absolute atomic E-state index is 10.7. The fourth-order valence-electron chi connectivity index (χ4n) is 1.69. The number of carboxylic acid groups (broad SMARTS) is 1. The normalized spacial score (nSPS) is 10.3. The van der Waals surface area contributed by atoms with Crippen molar-refractivity contribution < 1.29 is 14.6 Å². The summed E-state index contributed by atoms with van der Waals surface area (Å²) in [6.45, 7) is 8.21. The summed E-state index contributed by atoms with van der Waals surface area (Å²) >= 11 is 0. The highest BCUT2D eigenvalue weighted by Gasteiger charge is 2.04. The third kappa shape index (κ3) is 5.52. The van der Waals surface area contributed by atoms with Gasteiger partial charge in [-0.2, -0.15) is 4.73 Å². The highest BCUT2D eigenvalue weighted by molar-refractivity contribution is 5.85. The zero-order valence-corrected chi connectivity index (χ0v) is 13.4. The van der Waals surface area contributed by atoms with E-state index in [4.69, 9.17) is 5.11 Å². The van der Waals surface area contributed by atoms with Crippen LogP contribution in [0, 0.1) is 5.21 Å². The van der Waals surface area contributed by atoms with Crippen LogP contribution in [0.5, 0.6) is 0 Å². The molecule has 0 atom stereocenters. The molecule has 2 rings (SSSR count). The van der Waals surface area contributed by atoms with Crippen molar-refractivity contribution in [3.8, 4) is 0 Å². The van der Waals surface area contributed by atoms with Crippen molar-refractivity contribution in [3.63, 3.8) is 0 Å². The molecule has 2 aromatic heterocycles. The van der Waals surface area contributed by atoms with Crippen molar-refractivity contribution >= 4 is 5.97 Å². The van der Waals surface area contributed by atoms with Gasteiger partial charge in [-0.05, 0) is 29.5 Å². The van der Waals surface area contributed by atoms with Crippen LogP contribution in [0.1, 0.15) is 61.1 Å². The molecule has 0 aliphatic heterocycles. The fraction of sp³-hybridized carbons (Fsp3) is 0.353. The van der Waals surface area contributed by atoms with E-state index in [-0.39, 0.29) is 5.69 Å². The van der Waals surface area contributed by atoms with Crippen LogP contribution in [0.4, 0.5) is 0 Å². The minimum absolute atomic E-state index is 0.0967. The van der Waals surface area contributed by atoms with Gasteiger partial charge in [0.25, 0.3) is 0 Å². The number of nitrogens with zero attached hydrogens (tertiary/aromatic N) is 2. The van der Waals surface area contributed by atoms with E-state index in [1.165, 1.54) is 12.3 Å². The van der Waals surface area contributed by atoms with Crippen LogP contribution in [0.25, 0.3) is 0 Å². The molecule has 0 unspecified atom stereocenters. The van der Waals surface area contributed by atoms with E-state index in [0.717, 1.165) is 15.9 Å². The number of aromatic carboxylic acids is 1. The molecule has 0 aliphatic carbocycles. The number of carboxylic acids is 1. The van der Waals surface area contributed by atoms with Gasteiger partial charge >= 0.3 is 5.97 Å². The van der Waals surface area contributed by atoms with Gasteiger partial charge in [0.05, 0.1) is 0 Å². The number of carbonyl (C=O) groups is 1. The Bertz CT molecular complexity index is 608. The average molecular weight is 302 g/mol. The molecule has 0 aromatic carbocycles. The largest absolute Gasteiger partial charge is 0.619 e. The van der Waals surface area contributed by atoms with Gasteiger partial charge in [0.2, 0.25) is 0 Å². The summed E-state index contributed by atoms with van der Waals surface area (Å²) in [6, 6.07) is 7.04. The lowest BCUT2D eigenvalue weighted by molar-refractivity contribution is -0.605. The summed E-state index contributed by atoms with van der Waals surface area (Å²) in [5.41, 5.74) is 2.23. The van der Waals surface area contributed by atoms with Crippen molar-refractivity contribution in [3.05, 3.63) is 64.9 Å². The highest BCUT2D eigenvalue weighted by Crippen LogP contribution is 2.12. The van der Waals surface area contributed by atoms with Crippen LogP contribution in [0.15, 0.2) is 42.9 Å². The van der Waals surface area contributed by atoms with Gasteiger partial charge in [-0.1, -0.05) is 33.8 Å². The second kappa shape index (κ2) is 8.12. The first-order chi connectivity index (χ1) is 10.3. The minimum Gasteiger partial charge on any atom is -0.619 e. The molecule has 2 heterocycles. The fourth-order valence-corrected chi connectivity index (χ4v) is 1.69. The second-order valence-corrected chi connectivity index (χ2v) is 5.59. The van der Waals surface area contributed by atoms with Gasteiger partial charge in [-0.25, -0.2) is 9.78 Å². The Balaban J connectivity index is 0.000000224. The molecule has 5 heteroatoms. The van der Waals surface area contributed by atoms with Gasteiger partial charge in [0.15, 0.2) is 12.4 Å². The summed E-state index contributed by atoms with van der Waals surface area (Å²) in [7, 11) is 0. The molecule has 0 saturated carbocycles. The van der Waals surface area contributed by atoms with Crippen LogP contribution in [0.2, 0.25) is 0 Å². The third-order valence-corrected chi connectivity index (χ3v) is 3.14. The third-order valence-electron chi connectivity index (χ3n) is 3.14. The molecule has 0 radical (unpaired) electrons. The summed E-state index contributed by atoms with van der Waals surface area (Å²) < 4.78 is 0.829. The topological polar surface area (TPSA) is 77.1 Å². The van der Waals surface area contributed by atoms with Crippen LogP contribution in [-0.2, 0) is 0 Å². The van der Waals surface area contributed by atoms with Gasteiger partial charge < -0.3 is 10.3 Å². The minimum atomic E-state index is -0.981. The second-order valence-electron chi connectivity index (χ2n) is 5.59. The van der Waals surface area contributed by atoms with Gasteiger partial charge in [0, 0.05) is 17.8 Å². The summed E-state index contributed by atoms with van der Waals surface area (Å²) in [5.74, 6) is -0.160. The van der Waals surface area contributed by atoms with E-state index in [9.17, 15) is 10.0 Å². The number of hydrogen-bond acceptors (Lipinski definition) is 3. The van der Waals surface area contributed by atoms with Crippen molar-refractivity contribution in [2.45, 2.75) is 39.5 Å². The van der Waals surface area contributed by atoms with E-state index in [2.05, 4.69) is 18.8 Å². The van der Waals surface area contributed by atoms with E-state index in [1.807, 2.05) is 19.9 Å². The molecule has 0 fully saturated rings. The van der Waals surface area contributed by atoms with E-state index < -0.39 is 5.97 Å². The van der Waals surface area contributed by atoms with E-state index >= 15 is 0 Å². The SMILES string of the molecule is CC(C)c1ccc(C(=O)O)nc1.CC(C)c1ccc[n+]([O-])c1.